The first-order chi connectivity index (χ1) is 25.3. The summed E-state index contributed by atoms with van der Waals surface area (Å²) in [5.74, 6) is -5.00. The lowest BCUT2D eigenvalue weighted by Crippen LogP contribution is -2.58. The van der Waals surface area contributed by atoms with Crippen LogP contribution in [0.15, 0.2) is 48.6 Å². The first-order valence-electron chi connectivity index (χ1n) is 18.1. The summed E-state index contributed by atoms with van der Waals surface area (Å²) in [6, 6.07) is 5.96. The average Bonchev–Trinajstić information content (AvgIpc) is 4.00. The Kier molecular flexibility index (Phi) is 10.3. The summed E-state index contributed by atoms with van der Waals surface area (Å²) in [6.45, 7) is -0.0321. The Morgan fingerprint density at radius 2 is 1.79 bits per heavy atom. The topological polar surface area (TPSA) is 154 Å². The van der Waals surface area contributed by atoms with Crippen molar-refractivity contribution in [2.75, 3.05) is 6.54 Å². The molecule has 7 rings (SSSR count). The van der Waals surface area contributed by atoms with E-state index in [0.29, 0.717) is 48.8 Å². The second kappa shape index (κ2) is 14.8. The van der Waals surface area contributed by atoms with Gasteiger partial charge in [0, 0.05) is 31.0 Å². The van der Waals surface area contributed by atoms with Crippen LogP contribution in [0, 0.1) is 23.4 Å². The number of halogens is 3. The number of nitrogens with zero attached hydrogens (tertiary/aromatic N) is 2. The predicted octanol–water partition coefficient (Wildman–Crippen LogP) is 3.69. The van der Waals surface area contributed by atoms with Crippen LogP contribution in [0.1, 0.15) is 74.5 Å². The molecule has 0 aromatic heterocycles. The van der Waals surface area contributed by atoms with Gasteiger partial charge in [0.2, 0.25) is 21.8 Å². The summed E-state index contributed by atoms with van der Waals surface area (Å²) in [5, 5.41) is 5.27. The van der Waals surface area contributed by atoms with E-state index in [1.165, 1.54) is 21.9 Å². The molecule has 0 unspecified atom stereocenters. The van der Waals surface area contributed by atoms with Gasteiger partial charge in [-0.25, -0.2) is 26.4 Å². The average molecular weight is 758 g/mol. The van der Waals surface area contributed by atoms with Crippen molar-refractivity contribution in [1.29, 1.82) is 0 Å². The monoisotopic (exact) mass is 757 g/mol. The molecule has 2 aromatic rings. The first-order valence-corrected chi connectivity index (χ1v) is 19.6. The molecule has 2 aliphatic carbocycles. The van der Waals surface area contributed by atoms with Crippen LogP contribution in [0.4, 0.5) is 18.0 Å². The maximum atomic E-state index is 14.4. The van der Waals surface area contributed by atoms with Crippen LogP contribution in [0.2, 0.25) is 0 Å². The fourth-order valence-corrected chi connectivity index (χ4v) is 8.88. The summed E-state index contributed by atoms with van der Waals surface area (Å²) < 4.78 is 75.6. The highest BCUT2D eigenvalue weighted by Gasteiger charge is 2.62. The number of sulfonamides is 1. The van der Waals surface area contributed by atoms with Crippen LogP contribution < -0.4 is 15.4 Å². The molecule has 3 N–H and O–H groups in total. The molecule has 284 valence electrons. The highest BCUT2D eigenvalue weighted by Crippen LogP contribution is 2.46. The fraction of sp³-hybridized carbons (Fsp3) is 0.514. The lowest BCUT2D eigenvalue weighted by Gasteiger charge is -2.30. The van der Waals surface area contributed by atoms with E-state index < -0.39 is 86.2 Å². The molecule has 3 heterocycles. The molecular weight excluding hydrogens is 715 g/mol. The Bertz CT molecular complexity index is 1940. The van der Waals surface area contributed by atoms with E-state index in [-0.39, 0.29) is 39.0 Å². The molecule has 5 aliphatic rings. The third kappa shape index (κ3) is 7.93. The molecule has 2 saturated carbocycles. The van der Waals surface area contributed by atoms with E-state index in [0.717, 1.165) is 25.0 Å². The molecule has 0 spiro atoms. The minimum atomic E-state index is -3.93. The van der Waals surface area contributed by atoms with Crippen LogP contribution in [-0.2, 0) is 48.8 Å². The van der Waals surface area contributed by atoms with E-state index in [1.54, 1.807) is 12.1 Å². The van der Waals surface area contributed by atoms with E-state index in [4.69, 9.17) is 4.74 Å². The van der Waals surface area contributed by atoms with Crippen LogP contribution in [0.5, 0.6) is 0 Å². The molecule has 0 radical (unpaired) electrons. The van der Waals surface area contributed by atoms with Crippen LogP contribution >= 0.6 is 0 Å². The number of benzene rings is 2. The number of carbonyl (C=O) groups excluding carboxylic acids is 4. The molecule has 5 atom stereocenters. The third-order valence-electron chi connectivity index (χ3n) is 10.8. The number of carbonyl (C=O) groups is 4. The summed E-state index contributed by atoms with van der Waals surface area (Å²) in [7, 11) is -3.93. The third-order valence-corrected chi connectivity index (χ3v) is 12.7. The molecule has 53 heavy (non-hydrogen) atoms. The normalized spacial score (nSPS) is 28.1. The number of fused-ring (bicyclic) bond motifs is 3. The van der Waals surface area contributed by atoms with Gasteiger partial charge in [-0.1, -0.05) is 43.2 Å². The standard InChI is InChI=1S/C37H42F3N5O7S/c38-28-9-6-7-23-19-44(21-27(23)28)36(49)52-25-16-32-33(46)42-37(35(48)43-53(50,51)26-12-13-26)17-24(37)8-4-2-1-3-5-10-31(34(47)45(32)20-25)41-18-22-11-14-29(39)30(40)15-22/h4,6-9,11,14-15,24-26,31-32,41H,1-3,5,10,12-13,16-21H2,(H,42,46)(H,43,48)/b8-4-/t24-,25-,31+,32+,37-/m1/s1. The molecule has 12 nitrogen and oxygen atoms in total. The van der Waals surface area contributed by atoms with Gasteiger partial charge in [0.05, 0.1) is 24.4 Å². The summed E-state index contributed by atoms with van der Waals surface area (Å²) >= 11 is 0. The molecule has 3 aliphatic heterocycles. The Hall–Kier alpha value is -4.44. The Balaban J connectivity index is 1.13. The molecule has 2 aromatic carbocycles. The number of allylic oxidation sites excluding steroid dienone is 1. The molecule has 3 fully saturated rings. The minimum Gasteiger partial charge on any atom is -0.444 e. The van der Waals surface area contributed by atoms with Crippen molar-refractivity contribution in [2.24, 2.45) is 5.92 Å². The van der Waals surface area contributed by atoms with E-state index in [9.17, 15) is 40.8 Å². The molecule has 4 amide bonds. The summed E-state index contributed by atoms with van der Waals surface area (Å²) in [6.07, 6.45) is 6.10. The van der Waals surface area contributed by atoms with Crippen molar-refractivity contribution in [3.05, 3.63) is 82.7 Å². The summed E-state index contributed by atoms with van der Waals surface area (Å²) in [5.41, 5.74) is -0.133. The van der Waals surface area contributed by atoms with Gasteiger partial charge < -0.3 is 20.3 Å². The lowest BCUT2D eigenvalue weighted by molar-refractivity contribution is -0.141. The first kappa shape index (κ1) is 36.9. The van der Waals surface area contributed by atoms with Crippen molar-refractivity contribution in [1.82, 2.24) is 25.2 Å². The maximum Gasteiger partial charge on any atom is 0.410 e. The van der Waals surface area contributed by atoms with E-state index >= 15 is 0 Å². The molecule has 0 bridgehead atoms. The van der Waals surface area contributed by atoms with Gasteiger partial charge in [0.15, 0.2) is 11.6 Å². The molecule has 16 heteroatoms. The maximum absolute atomic E-state index is 14.4. The van der Waals surface area contributed by atoms with Crippen LogP contribution in [-0.4, -0.2) is 77.6 Å². The second-order valence-corrected chi connectivity index (χ2v) is 16.6. The van der Waals surface area contributed by atoms with Gasteiger partial charge in [-0.3, -0.25) is 24.0 Å². The van der Waals surface area contributed by atoms with Crippen molar-refractivity contribution >= 4 is 33.8 Å². The highest BCUT2D eigenvalue weighted by atomic mass is 32.2. The zero-order valence-electron chi connectivity index (χ0n) is 29.0. The molecule has 1 saturated heterocycles. The quantitative estimate of drug-likeness (QED) is 0.362. The predicted molar refractivity (Wildman–Crippen MR) is 184 cm³/mol. The number of hydrogen-bond donors (Lipinski definition) is 3. The van der Waals surface area contributed by atoms with Gasteiger partial charge in [0.1, 0.15) is 23.5 Å². The Morgan fingerprint density at radius 3 is 2.55 bits per heavy atom. The lowest BCUT2D eigenvalue weighted by atomic mass is 10.0. The van der Waals surface area contributed by atoms with Gasteiger partial charge in [-0.05, 0) is 67.9 Å². The van der Waals surface area contributed by atoms with Crippen LogP contribution in [0.3, 0.4) is 0 Å². The van der Waals surface area contributed by atoms with Crippen molar-refractivity contribution in [2.45, 2.75) is 106 Å². The SMILES string of the molecule is O=C1N[C@]2(C(=O)NS(=O)(=O)C3CC3)C[C@H]2/C=C\CCCCC[C@H](NCc2ccc(F)c(F)c2)C(=O)N2C[C@H](OC(=O)N3Cc4cccc(F)c4C3)C[C@@H]12. The zero-order valence-corrected chi connectivity index (χ0v) is 29.8. The van der Waals surface area contributed by atoms with E-state index in [1.807, 2.05) is 12.2 Å². The van der Waals surface area contributed by atoms with Gasteiger partial charge in [-0.15, -0.1) is 0 Å². The zero-order chi connectivity index (χ0) is 37.5. The number of amides is 4. The Morgan fingerprint density at radius 1 is 0.981 bits per heavy atom. The number of rotatable bonds is 7. The second-order valence-electron chi connectivity index (χ2n) is 14.7. The largest absolute Gasteiger partial charge is 0.444 e. The number of ether oxygens (including phenoxy) is 1. The van der Waals surface area contributed by atoms with Crippen molar-refractivity contribution in [3.8, 4) is 0 Å². The Labute approximate surface area is 305 Å². The van der Waals surface area contributed by atoms with Crippen LogP contribution in [0.25, 0.3) is 0 Å². The smallest absolute Gasteiger partial charge is 0.410 e. The van der Waals surface area contributed by atoms with Crippen molar-refractivity contribution in [3.63, 3.8) is 0 Å². The molecular formula is C37H42F3N5O7S. The van der Waals surface area contributed by atoms with E-state index in [2.05, 4.69) is 15.4 Å². The van der Waals surface area contributed by atoms with Gasteiger partial charge >= 0.3 is 6.09 Å². The minimum absolute atomic E-state index is 0.00754. The van der Waals surface area contributed by atoms with Gasteiger partial charge in [-0.2, -0.15) is 0 Å². The van der Waals surface area contributed by atoms with Crippen molar-refractivity contribution < 1.29 is 45.5 Å². The number of hydrogen-bond acceptors (Lipinski definition) is 8. The van der Waals surface area contributed by atoms with Gasteiger partial charge in [0.25, 0.3) is 5.91 Å². The fourth-order valence-electron chi connectivity index (χ4n) is 7.52. The summed E-state index contributed by atoms with van der Waals surface area (Å²) in [4.78, 5) is 58.2. The highest BCUT2D eigenvalue weighted by molar-refractivity contribution is 7.91. The number of nitrogens with one attached hydrogen (secondary N) is 3.